The minimum atomic E-state index is -0.144. The van der Waals surface area contributed by atoms with E-state index in [2.05, 4.69) is 9.97 Å². The van der Waals surface area contributed by atoms with E-state index in [-0.39, 0.29) is 11.9 Å². The Morgan fingerprint density at radius 3 is 2.35 bits per heavy atom. The fourth-order valence-corrected chi connectivity index (χ4v) is 2.67. The van der Waals surface area contributed by atoms with Crippen molar-refractivity contribution in [3.8, 4) is 11.5 Å². The monoisotopic (exact) mass is 359 g/mol. The van der Waals surface area contributed by atoms with Crippen LogP contribution in [-0.2, 0) is 11.3 Å². The van der Waals surface area contributed by atoms with Crippen LogP contribution in [0.15, 0.2) is 30.7 Å². The van der Waals surface area contributed by atoms with E-state index in [1.807, 2.05) is 19.1 Å². The molecule has 1 aromatic heterocycles. The first-order chi connectivity index (χ1) is 12.5. The Morgan fingerprint density at radius 2 is 1.81 bits per heavy atom. The van der Waals surface area contributed by atoms with Crippen molar-refractivity contribution in [1.29, 1.82) is 0 Å². The lowest BCUT2D eigenvalue weighted by molar-refractivity contribution is 0.0540. The highest BCUT2D eigenvalue weighted by molar-refractivity contribution is 5.95. The summed E-state index contributed by atoms with van der Waals surface area (Å²) < 4.78 is 15.9. The first kappa shape index (κ1) is 19.7. The number of benzene rings is 1. The molecule has 0 saturated carbocycles. The van der Waals surface area contributed by atoms with Crippen molar-refractivity contribution in [2.75, 3.05) is 27.9 Å². The molecule has 0 spiro atoms. The standard InChI is InChI=1S/C19H25N3O4/c1-13(11-24-3)22(19(23)18-9-20-12-21-14(18)2)10-15-6-16(25-4)8-17(7-15)26-5/h6-9,12-13H,10-11H2,1-5H3/t13-/m1/s1. The van der Waals surface area contributed by atoms with Crippen molar-refractivity contribution in [2.24, 2.45) is 0 Å². The molecule has 0 unspecified atom stereocenters. The van der Waals surface area contributed by atoms with Crippen LogP contribution >= 0.6 is 0 Å². The Balaban J connectivity index is 2.37. The van der Waals surface area contributed by atoms with Gasteiger partial charge in [-0.3, -0.25) is 4.79 Å². The second kappa shape index (κ2) is 9.15. The number of carbonyl (C=O) groups is 1. The number of amides is 1. The molecule has 7 nitrogen and oxygen atoms in total. The number of ether oxygens (including phenoxy) is 3. The minimum Gasteiger partial charge on any atom is -0.497 e. The van der Waals surface area contributed by atoms with E-state index in [0.29, 0.717) is 35.9 Å². The number of aryl methyl sites for hydroxylation is 1. The lowest BCUT2D eigenvalue weighted by atomic mass is 10.1. The summed E-state index contributed by atoms with van der Waals surface area (Å²) in [6.45, 7) is 4.53. The molecule has 0 N–H and O–H groups in total. The average molecular weight is 359 g/mol. The van der Waals surface area contributed by atoms with E-state index in [0.717, 1.165) is 5.56 Å². The van der Waals surface area contributed by atoms with Crippen LogP contribution in [-0.4, -0.2) is 54.8 Å². The third-order valence-corrected chi connectivity index (χ3v) is 4.11. The smallest absolute Gasteiger partial charge is 0.257 e. The maximum atomic E-state index is 13.1. The van der Waals surface area contributed by atoms with Gasteiger partial charge in [-0.2, -0.15) is 0 Å². The van der Waals surface area contributed by atoms with Crippen molar-refractivity contribution in [1.82, 2.24) is 14.9 Å². The summed E-state index contributed by atoms with van der Waals surface area (Å²) in [5.74, 6) is 1.20. The van der Waals surface area contributed by atoms with E-state index in [4.69, 9.17) is 14.2 Å². The number of aromatic nitrogens is 2. The Hall–Kier alpha value is -2.67. The highest BCUT2D eigenvalue weighted by atomic mass is 16.5. The fourth-order valence-electron chi connectivity index (χ4n) is 2.67. The zero-order valence-electron chi connectivity index (χ0n) is 15.9. The topological polar surface area (TPSA) is 73.8 Å². The van der Waals surface area contributed by atoms with E-state index < -0.39 is 0 Å². The van der Waals surface area contributed by atoms with Gasteiger partial charge in [-0.05, 0) is 31.5 Å². The largest absolute Gasteiger partial charge is 0.497 e. The Morgan fingerprint density at radius 1 is 1.15 bits per heavy atom. The number of hydrogen-bond donors (Lipinski definition) is 0. The van der Waals surface area contributed by atoms with Crippen LogP contribution in [0.1, 0.15) is 28.5 Å². The summed E-state index contributed by atoms with van der Waals surface area (Å²) in [5, 5.41) is 0. The molecule has 0 radical (unpaired) electrons. The van der Waals surface area contributed by atoms with Gasteiger partial charge in [0.25, 0.3) is 5.91 Å². The van der Waals surface area contributed by atoms with Crippen LogP contribution in [0.2, 0.25) is 0 Å². The third-order valence-electron chi connectivity index (χ3n) is 4.11. The zero-order chi connectivity index (χ0) is 19.1. The Bertz CT molecular complexity index is 729. The molecule has 1 atom stereocenters. The van der Waals surface area contributed by atoms with E-state index in [1.54, 1.807) is 45.4 Å². The van der Waals surface area contributed by atoms with Crippen molar-refractivity contribution in [3.63, 3.8) is 0 Å². The maximum Gasteiger partial charge on any atom is 0.257 e. The molecule has 7 heteroatoms. The summed E-state index contributed by atoms with van der Waals surface area (Å²) >= 11 is 0. The van der Waals surface area contributed by atoms with Crippen LogP contribution in [0.3, 0.4) is 0 Å². The molecular formula is C19H25N3O4. The molecule has 2 aromatic rings. The van der Waals surface area contributed by atoms with Gasteiger partial charge in [-0.1, -0.05) is 0 Å². The minimum absolute atomic E-state index is 0.135. The van der Waals surface area contributed by atoms with E-state index in [1.165, 1.54) is 6.33 Å². The van der Waals surface area contributed by atoms with Crippen molar-refractivity contribution in [3.05, 3.63) is 47.5 Å². The first-order valence-electron chi connectivity index (χ1n) is 8.28. The molecule has 1 aromatic carbocycles. The van der Waals surface area contributed by atoms with Crippen molar-refractivity contribution < 1.29 is 19.0 Å². The molecule has 0 bridgehead atoms. The molecule has 0 aliphatic heterocycles. The van der Waals surface area contributed by atoms with Gasteiger partial charge in [0.05, 0.1) is 38.1 Å². The maximum absolute atomic E-state index is 13.1. The van der Waals surface area contributed by atoms with Crippen LogP contribution in [0, 0.1) is 6.92 Å². The average Bonchev–Trinajstić information content (AvgIpc) is 2.65. The molecular weight excluding hydrogens is 334 g/mol. The van der Waals surface area contributed by atoms with Gasteiger partial charge >= 0.3 is 0 Å². The predicted octanol–water partition coefficient (Wildman–Crippen LogP) is 2.48. The molecule has 0 aliphatic carbocycles. The summed E-state index contributed by atoms with van der Waals surface area (Å²) in [6, 6.07) is 5.43. The summed E-state index contributed by atoms with van der Waals surface area (Å²) in [5.41, 5.74) is 2.01. The van der Waals surface area contributed by atoms with Crippen LogP contribution < -0.4 is 9.47 Å². The van der Waals surface area contributed by atoms with Gasteiger partial charge in [-0.25, -0.2) is 9.97 Å². The summed E-state index contributed by atoms with van der Waals surface area (Å²) in [4.78, 5) is 23.0. The number of hydrogen-bond acceptors (Lipinski definition) is 6. The highest BCUT2D eigenvalue weighted by Gasteiger charge is 2.24. The van der Waals surface area contributed by atoms with Gasteiger partial charge in [0, 0.05) is 25.9 Å². The molecule has 0 aliphatic rings. The highest BCUT2D eigenvalue weighted by Crippen LogP contribution is 2.24. The van der Waals surface area contributed by atoms with Gasteiger partial charge in [0.2, 0.25) is 0 Å². The third kappa shape index (κ3) is 4.70. The summed E-state index contributed by atoms with van der Waals surface area (Å²) in [7, 11) is 4.81. The molecule has 2 rings (SSSR count). The van der Waals surface area contributed by atoms with E-state index >= 15 is 0 Å². The zero-order valence-corrected chi connectivity index (χ0v) is 15.9. The Labute approximate surface area is 153 Å². The molecule has 26 heavy (non-hydrogen) atoms. The van der Waals surface area contributed by atoms with Crippen molar-refractivity contribution >= 4 is 5.91 Å². The van der Waals surface area contributed by atoms with Gasteiger partial charge in [0.1, 0.15) is 17.8 Å². The molecule has 1 amide bonds. The normalized spacial score (nSPS) is 11.7. The second-order valence-electron chi connectivity index (χ2n) is 5.98. The van der Waals surface area contributed by atoms with E-state index in [9.17, 15) is 4.79 Å². The lowest BCUT2D eigenvalue weighted by Crippen LogP contribution is -2.41. The lowest BCUT2D eigenvalue weighted by Gasteiger charge is -2.29. The quantitative estimate of drug-likeness (QED) is 0.721. The summed E-state index contributed by atoms with van der Waals surface area (Å²) in [6.07, 6.45) is 2.98. The van der Waals surface area contributed by atoms with Crippen LogP contribution in [0.25, 0.3) is 0 Å². The fraction of sp³-hybridized carbons (Fsp3) is 0.421. The number of nitrogens with zero attached hydrogens (tertiary/aromatic N) is 3. The van der Waals surface area contributed by atoms with Crippen molar-refractivity contribution in [2.45, 2.75) is 26.4 Å². The van der Waals surface area contributed by atoms with Gasteiger partial charge in [-0.15, -0.1) is 0 Å². The Kier molecular flexibility index (Phi) is 6.91. The van der Waals surface area contributed by atoms with Gasteiger partial charge < -0.3 is 19.1 Å². The predicted molar refractivity (Wildman–Crippen MR) is 97.5 cm³/mol. The SMILES string of the molecule is COC[C@@H](C)N(Cc1cc(OC)cc(OC)c1)C(=O)c1cncnc1C. The first-order valence-corrected chi connectivity index (χ1v) is 8.28. The van der Waals surface area contributed by atoms with Crippen LogP contribution in [0.4, 0.5) is 0 Å². The number of rotatable bonds is 8. The molecule has 1 heterocycles. The number of carbonyl (C=O) groups excluding carboxylic acids is 1. The number of methoxy groups -OCH3 is 3. The van der Waals surface area contributed by atoms with Crippen LogP contribution in [0.5, 0.6) is 11.5 Å². The second-order valence-corrected chi connectivity index (χ2v) is 5.98. The molecule has 0 fully saturated rings. The molecule has 140 valence electrons. The molecule has 0 saturated heterocycles. The van der Waals surface area contributed by atoms with Gasteiger partial charge in [0.15, 0.2) is 0 Å².